The first-order valence-electron chi connectivity index (χ1n) is 20.6. The van der Waals surface area contributed by atoms with E-state index in [-0.39, 0.29) is 0 Å². The molecule has 0 aliphatic rings. The second-order valence-electron chi connectivity index (χ2n) is 15.4. The largest absolute Gasteiger partial charge is 0.307 e. The summed E-state index contributed by atoms with van der Waals surface area (Å²) < 4.78 is 2.39. The predicted octanol–water partition coefficient (Wildman–Crippen LogP) is 14.2. The molecular weight excluding hydrogens is 743 g/mol. The van der Waals surface area contributed by atoms with E-state index in [1.54, 1.807) is 0 Å². The van der Waals surface area contributed by atoms with Crippen LogP contribution in [0.25, 0.3) is 116 Å². The van der Waals surface area contributed by atoms with E-state index in [0.29, 0.717) is 17.5 Å². The Bertz CT molecular complexity index is 3620. The molecule has 0 fully saturated rings. The van der Waals surface area contributed by atoms with Gasteiger partial charge in [-0.2, -0.15) is 0 Å². The number of benzene rings is 9. The van der Waals surface area contributed by atoms with Crippen LogP contribution >= 0.6 is 0 Å². The van der Waals surface area contributed by atoms with Crippen molar-refractivity contribution in [2.24, 2.45) is 0 Å². The molecule has 3 heterocycles. The molecule has 0 bridgehead atoms. The Morgan fingerprint density at radius 2 is 0.820 bits per heavy atom. The van der Waals surface area contributed by atoms with Crippen LogP contribution in [0.3, 0.4) is 0 Å². The fourth-order valence-corrected chi connectivity index (χ4v) is 8.85. The van der Waals surface area contributed by atoms with E-state index in [1.807, 2.05) is 30.3 Å². The van der Waals surface area contributed by atoms with Gasteiger partial charge >= 0.3 is 0 Å². The van der Waals surface area contributed by atoms with Gasteiger partial charge in [0.25, 0.3) is 0 Å². The molecule has 0 amide bonds. The summed E-state index contributed by atoms with van der Waals surface area (Å²) in [6.07, 6.45) is 0. The molecule has 284 valence electrons. The first-order valence-corrected chi connectivity index (χ1v) is 20.6. The maximum atomic E-state index is 5.53. The summed E-state index contributed by atoms with van der Waals surface area (Å²) in [5, 5.41) is 8.14. The number of hydrogen-bond acceptors (Lipinski definition) is 4. The molecule has 12 rings (SSSR count). The fourth-order valence-electron chi connectivity index (χ4n) is 8.85. The zero-order valence-corrected chi connectivity index (χ0v) is 32.9. The fraction of sp³-hybridized carbons (Fsp3) is 0. The normalized spacial score (nSPS) is 11.6. The average Bonchev–Trinajstić information content (AvgIpc) is 3.68. The summed E-state index contributed by atoms with van der Waals surface area (Å²) in [6, 6.07) is 74.6. The van der Waals surface area contributed by atoms with Crippen LogP contribution in [0.5, 0.6) is 0 Å². The molecule has 0 saturated carbocycles. The van der Waals surface area contributed by atoms with Gasteiger partial charge in [-0.15, -0.1) is 0 Å². The lowest BCUT2D eigenvalue weighted by Crippen LogP contribution is -2.00. The molecule has 9 aromatic carbocycles. The van der Waals surface area contributed by atoms with E-state index in [1.165, 1.54) is 21.5 Å². The third-order valence-corrected chi connectivity index (χ3v) is 11.8. The number of aromatic nitrogens is 5. The standard InChI is InChI=1S/C56H35N5/c1-4-15-38(16-5-1)51-47-23-13-12-22-45(47)48-32-33-49-46-31-30-42(35-50(46)61(53(49)52(48)57-51)44-20-8-3-9-21-44)37-24-27-40(28-25-37)55-58-54(39-17-6-2-7-18-39)59-56(60-55)43-29-26-36-14-10-11-19-41(36)34-43/h1-35H. The third kappa shape index (κ3) is 5.94. The van der Waals surface area contributed by atoms with Gasteiger partial charge in [0.1, 0.15) is 0 Å². The number of nitrogens with zero attached hydrogens (tertiary/aromatic N) is 5. The van der Waals surface area contributed by atoms with E-state index in [9.17, 15) is 0 Å². The highest BCUT2D eigenvalue weighted by molar-refractivity contribution is 6.23. The molecule has 0 saturated heterocycles. The van der Waals surface area contributed by atoms with Gasteiger partial charge in [-0.05, 0) is 51.6 Å². The lowest BCUT2D eigenvalue weighted by Gasteiger charge is -2.13. The predicted molar refractivity (Wildman–Crippen MR) is 252 cm³/mol. The van der Waals surface area contributed by atoms with Gasteiger partial charge in [0.05, 0.1) is 22.2 Å². The van der Waals surface area contributed by atoms with Crippen molar-refractivity contribution in [2.45, 2.75) is 0 Å². The molecule has 0 unspecified atom stereocenters. The molecule has 0 aliphatic carbocycles. The number of fused-ring (bicyclic) bond motifs is 8. The Kier molecular flexibility index (Phi) is 8.10. The van der Waals surface area contributed by atoms with Crippen molar-refractivity contribution in [3.63, 3.8) is 0 Å². The highest BCUT2D eigenvalue weighted by Gasteiger charge is 2.20. The van der Waals surface area contributed by atoms with Crippen molar-refractivity contribution in [3.8, 4) is 62.2 Å². The first kappa shape index (κ1) is 34.7. The second-order valence-corrected chi connectivity index (χ2v) is 15.4. The average molecular weight is 778 g/mol. The maximum absolute atomic E-state index is 5.53. The van der Waals surface area contributed by atoms with E-state index < -0.39 is 0 Å². The van der Waals surface area contributed by atoms with Gasteiger partial charge < -0.3 is 4.57 Å². The van der Waals surface area contributed by atoms with Crippen molar-refractivity contribution in [1.29, 1.82) is 0 Å². The molecule has 0 N–H and O–H groups in total. The van der Waals surface area contributed by atoms with Gasteiger partial charge in [0, 0.05) is 49.5 Å². The molecule has 12 aromatic rings. The Morgan fingerprint density at radius 3 is 1.56 bits per heavy atom. The molecule has 0 aliphatic heterocycles. The summed E-state index contributed by atoms with van der Waals surface area (Å²) >= 11 is 0. The Hall–Kier alpha value is -8.28. The highest BCUT2D eigenvalue weighted by atomic mass is 15.0. The maximum Gasteiger partial charge on any atom is 0.164 e. The van der Waals surface area contributed by atoms with Crippen LogP contribution in [0, 0.1) is 0 Å². The number of rotatable bonds is 6. The number of pyridine rings is 1. The Labute approximate surface area is 351 Å². The summed E-state index contributed by atoms with van der Waals surface area (Å²) in [4.78, 5) is 20.6. The molecule has 0 atom stereocenters. The minimum Gasteiger partial charge on any atom is -0.307 e. The smallest absolute Gasteiger partial charge is 0.164 e. The number of para-hydroxylation sites is 1. The second kappa shape index (κ2) is 14.2. The lowest BCUT2D eigenvalue weighted by molar-refractivity contribution is 1.07. The monoisotopic (exact) mass is 777 g/mol. The molecule has 0 radical (unpaired) electrons. The van der Waals surface area contributed by atoms with Crippen LogP contribution in [-0.4, -0.2) is 24.5 Å². The topological polar surface area (TPSA) is 56.5 Å². The molecule has 0 spiro atoms. The van der Waals surface area contributed by atoms with Crippen LogP contribution in [-0.2, 0) is 0 Å². The molecule has 5 heteroatoms. The highest BCUT2D eigenvalue weighted by Crippen LogP contribution is 2.41. The first-order chi connectivity index (χ1) is 30.2. The van der Waals surface area contributed by atoms with Crippen LogP contribution < -0.4 is 0 Å². The van der Waals surface area contributed by atoms with Crippen LogP contribution in [0.2, 0.25) is 0 Å². The summed E-state index contributed by atoms with van der Waals surface area (Å²) in [7, 11) is 0. The zero-order valence-electron chi connectivity index (χ0n) is 32.9. The van der Waals surface area contributed by atoms with Crippen molar-refractivity contribution in [1.82, 2.24) is 24.5 Å². The SMILES string of the molecule is c1ccc(-c2nc(-c3ccc(-c4ccc5c6ccc7c8ccccc8c(-c8ccccc8)nc7c6n(-c6ccccc6)c5c4)cc3)nc(-c3ccc4ccccc4c3)n2)cc1. The number of hydrogen-bond donors (Lipinski definition) is 0. The summed E-state index contributed by atoms with van der Waals surface area (Å²) in [6.45, 7) is 0. The molecular formula is C56H35N5. The quantitative estimate of drug-likeness (QED) is 0.158. The van der Waals surface area contributed by atoms with Crippen molar-refractivity contribution in [2.75, 3.05) is 0 Å². The van der Waals surface area contributed by atoms with Gasteiger partial charge in [-0.3, -0.25) is 0 Å². The van der Waals surface area contributed by atoms with Crippen molar-refractivity contribution >= 4 is 54.3 Å². The van der Waals surface area contributed by atoms with E-state index in [2.05, 4.69) is 187 Å². The van der Waals surface area contributed by atoms with Gasteiger partial charge in [0.2, 0.25) is 0 Å². The Morgan fingerprint density at radius 1 is 0.295 bits per heavy atom. The van der Waals surface area contributed by atoms with Gasteiger partial charge in [0.15, 0.2) is 17.5 Å². The zero-order chi connectivity index (χ0) is 40.3. The van der Waals surface area contributed by atoms with Crippen LogP contribution in [0.1, 0.15) is 0 Å². The van der Waals surface area contributed by atoms with Crippen LogP contribution in [0.4, 0.5) is 0 Å². The Balaban J connectivity index is 1.01. The van der Waals surface area contributed by atoms with Crippen molar-refractivity contribution < 1.29 is 0 Å². The molecule has 3 aromatic heterocycles. The van der Waals surface area contributed by atoms with Gasteiger partial charge in [-0.1, -0.05) is 188 Å². The van der Waals surface area contributed by atoms with E-state index >= 15 is 0 Å². The molecule has 61 heavy (non-hydrogen) atoms. The van der Waals surface area contributed by atoms with E-state index in [4.69, 9.17) is 19.9 Å². The molecule has 5 nitrogen and oxygen atoms in total. The minimum atomic E-state index is 0.630. The van der Waals surface area contributed by atoms with Gasteiger partial charge in [-0.25, -0.2) is 19.9 Å². The summed E-state index contributed by atoms with van der Waals surface area (Å²) in [5.74, 6) is 1.91. The third-order valence-electron chi connectivity index (χ3n) is 11.8. The lowest BCUT2D eigenvalue weighted by atomic mass is 9.98. The van der Waals surface area contributed by atoms with Crippen LogP contribution in [0.15, 0.2) is 212 Å². The summed E-state index contributed by atoms with van der Waals surface area (Å²) in [5.41, 5.74) is 11.4. The minimum absolute atomic E-state index is 0.630. The van der Waals surface area contributed by atoms with E-state index in [0.717, 1.165) is 77.5 Å². The van der Waals surface area contributed by atoms with Crippen molar-refractivity contribution in [3.05, 3.63) is 212 Å².